The lowest BCUT2D eigenvalue weighted by molar-refractivity contribution is -0.145. The summed E-state index contributed by atoms with van der Waals surface area (Å²) < 4.78 is 9.67. The summed E-state index contributed by atoms with van der Waals surface area (Å²) >= 11 is 0. The van der Waals surface area contributed by atoms with Crippen LogP contribution in [0.2, 0.25) is 0 Å². The molecule has 0 rings (SSSR count). The van der Waals surface area contributed by atoms with E-state index < -0.39 is 0 Å². The minimum atomic E-state index is -0.335. The van der Waals surface area contributed by atoms with Crippen LogP contribution in [-0.2, 0) is 14.3 Å². The van der Waals surface area contributed by atoms with Gasteiger partial charge in [-0.2, -0.15) is 0 Å². The minimum absolute atomic E-state index is 0.0763. The second-order valence-corrected chi connectivity index (χ2v) is 3.13. The highest BCUT2D eigenvalue weighted by atomic mass is 16.5. The SMILES string of the molecule is C=CCNC(C(=O)OC)C(C)COC. The van der Waals surface area contributed by atoms with Gasteiger partial charge >= 0.3 is 5.97 Å². The zero-order valence-corrected chi connectivity index (χ0v) is 9.08. The average Bonchev–Trinajstić information content (AvgIpc) is 2.18. The van der Waals surface area contributed by atoms with E-state index in [0.717, 1.165) is 0 Å². The predicted octanol–water partition coefficient (Wildman–Crippen LogP) is 0.586. The van der Waals surface area contributed by atoms with Crippen LogP contribution in [0.25, 0.3) is 0 Å². The van der Waals surface area contributed by atoms with Crippen molar-refractivity contribution in [3.8, 4) is 0 Å². The number of hydrogen-bond acceptors (Lipinski definition) is 4. The Labute approximate surface area is 85.3 Å². The molecule has 0 aliphatic rings. The van der Waals surface area contributed by atoms with E-state index in [1.165, 1.54) is 7.11 Å². The Morgan fingerprint density at radius 3 is 2.64 bits per heavy atom. The summed E-state index contributed by atoms with van der Waals surface area (Å²) in [4.78, 5) is 11.4. The van der Waals surface area contributed by atoms with Gasteiger partial charge in [-0.3, -0.25) is 4.79 Å². The topological polar surface area (TPSA) is 47.6 Å². The fourth-order valence-electron chi connectivity index (χ4n) is 1.21. The molecule has 0 spiro atoms. The van der Waals surface area contributed by atoms with E-state index in [0.29, 0.717) is 13.2 Å². The number of nitrogens with one attached hydrogen (secondary N) is 1. The third-order valence-electron chi connectivity index (χ3n) is 1.94. The molecule has 0 aromatic heterocycles. The lowest BCUT2D eigenvalue weighted by atomic mass is 10.0. The fourth-order valence-corrected chi connectivity index (χ4v) is 1.21. The van der Waals surface area contributed by atoms with Gasteiger partial charge in [-0.15, -0.1) is 6.58 Å². The van der Waals surface area contributed by atoms with Gasteiger partial charge in [-0.25, -0.2) is 0 Å². The van der Waals surface area contributed by atoms with Gasteiger partial charge in [-0.1, -0.05) is 13.0 Å². The molecule has 82 valence electrons. The first-order chi connectivity index (χ1) is 6.67. The quantitative estimate of drug-likeness (QED) is 0.483. The minimum Gasteiger partial charge on any atom is -0.468 e. The number of methoxy groups -OCH3 is 2. The number of rotatable bonds is 7. The van der Waals surface area contributed by atoms with Crippen molar-refractivity contribution in [2.45, 2.75) is 13.0 Å². The Morgan fingerprint density at radius 2 is 2.21 bits per heavy atom. The molecule has 0 aliphatic heterocycles. The van der Waals surface area contributed by atoms with Crippen LogP contribution >= 0.6 is 0 Å². The Balaban J connectivity index is 4.21. The summed E-state index contributed by atoms with van der Waals surface area (Å²) in [6.07, 6.45) is 1.70. The molecular formula is C10H19NO3. The molecule has 14 heavy (non-hydrogen) atoms. The molecular weight excluding hydrogens is 182 g/mol. The zero-order valence-electron chi connectivity index (χ0n) is 9.08. The second kappa shape index (κ2) is 7.53. The van der Waals surface area contributed by atoms with Gasteiger partial charge in [-0.05, 0) is 0 Å². The molecule has 0 saturated heterocycles. The first-order valence-corrected chi connectivity index (χ1v) is 4.58. The molecule has 0 fully saturated rings. The molecule has 0 aliphatic carbocycles. The summed E-state index contributed by atoms with van der Waals surface area (Å²) in [7, 11) is 2.99. The van der Waals surface area contributed by atoms with Crippen LogP contribution in [0.4, 0.5) is 0 Å². The van der Waals surface area contributed by atoms with Gasteiger partial charge in [0.15, 0.2) is 0 Å². The van der Waals surface area contributed by atoms with Crippen molar-refractivity contribution in [2.75, 3.05) is 27.4 Å². The molecule has 0 aromatic carbocycles. The van der Waals surface area contributed by atoms with E-state index in [4.69, 9.17) is 4.74 Å². The Morgan fingerprint density at radius 1 is 1.57 bits per heavy atom. The summed E-state index contributed by atoms with van der Waals surface area (Å²) in [6.45, 7) is 6.60. The van der Waals surface area contributed by atoms with Crippen molar-refractivity contribution in [1.29, 1.82) is 0 Å². The molecule has 0 radical (unpaired) electrons. The van der Waals surface area contributed by atoms with Crippen molar-refractivity contribution in [2.24, 2.45) is 5.92 Å². The lowest BCUT2D eigenvalue weighted by Crippen LogP contribution is -2.44. The van der Waals surface area contributed by atoms with Crippen molar-refractivity contribution in [3.63, 3.8) is 0 Å². The summed E-state index contributed by atoms with van der Waals surface area (Å²) in [5.74, 6) is -0.191. The molecule has 2 atom stereocenters. The largest absolute Gasteiger partial charge is 0.468 e. The van der Waals surface area contributed by atoms with Crippen molar-refractivity contribution in [1.82, 2.24) is 5.32 Å². The zero-order chi connectivity index (χ0) is 11.0. The highest BCUT2D eigenvalue weighted by molar-refractivity contribution is 5.76. The molecule has 0 aromatic rings. The average molecular weight is 201 g/mol. The van der Waals surface area contributed by atoms with Crippen LogP contribution in [0.5, 0.6) is 0 Å². The van der Waals surface area contributed by atoms with Crippen molar-refractivity contribution >= 4 is 5.97 Å². The van der Waals surface area contributed by atoms with E-state index in [1.54, 1.807) is 13.2 Å². The number of ether oxygens (including phenoxy) is 2. The highest BCUT2D eigenvalue weighted by Gasteiger charge is 2.24. The molecule has 1 N–H and O–H groups in total. The summed E-state index contributed by atoms with van der Waals surface area (Å²) in [5.41, 5.74) is 0. The van der Waals surface area contributed by atoms with Crippen LogP contribution in [0.1, 0.15) is 6.92 Å². The van der Waals surface area contributed by atoms with Crippen LogP contribution < -0.4 is 5.32 Å². The molecule has 0 heterocycles. The Bertz CT molecular complexity index is 182. The third kappa shape index (κ3) is 4.39. The monoisotopic (exact) mass is 201 g/mol. The van der Waals surface area contributed by atoms with E-state index in [9.17, 15) is 4.79 Å². The number of carbonyl (C=O) groups is 1. The van der Waals surface area contributed by atoms with Gasteiger partial charge in [0, 0.05) is 19.6 Å². The normalized spacial score (nSPS) is 14.5. The van der Waals surface area contributed by atoms with Gasteiger partial charge in [0.1, 0.15) is 6.04 Å². The Kier molecular flexibility index (Phi) is 7.06. The van der Waals surface area contributed by atoms with Crippen LogP contribution in [0.3, 0.4) is 0 Å². The summed E-state index contributed by atoms with van der Waals surface area (Å²) in [5, 5.41) is 3.03. The third-order valence-corrected chi connectivity index (χ3v) is 1.94. The first-order valence-electron chi connectivity index (χ1n) is 4.58. The Hall–Kier alpha value is -0.870. The molecule has 0 saturated carbocycles. The van der Waals surface area contributed by atoms with Gasteiger partial charge in [0.05, 0.1) is 13.7 Å². The molecule has 0 amide bonds. The second-order valence-electron chi connectivity index (χ2n) is 3.13. The van der Waals surface area contributed by atoms with E-state index in [-0.39, 0.29) is 17.9 Å². The van der Waals surface area contributed by atoms with Crippen molar-refractivity contribution < 1.29 is 14.3 Å². The van der Waals surface area contributed by atoms with Crippen molar-refractivity contribution in [3.05, 3.63) is 12.7 Å². The smallest absolute Gasteiger partial charge is 0.323 e. The van der Waals surface area contributed by atoms with E-state index >= 15 is 0 Å². The number of esters is 1. The highest BCUT2D eigenvalue weighted by Crippen LogP contribution is 2.05. The summed E-state index contributed by atoms with van der Waals surface area (Å²) in [6, 6.07) is -0.335. The molecule has 4 nitrogen and oxygen atoms in total. The maximum absolute atomic E-state index is 11.4. The first kappa shape index (κ1) is 13.1. The van der Waals surface area contributed by atoms with E-state index in [2.05, 4.69) is 16.6 Å². The standard InChI is InChI=1S/C10H19NO3/c1-5-6-11-9(10(12)14-4)8(2)7-13-3/h5,8-9,11H,1,6-7H2,2-4H3. The maximum Gasteiger partial charge on any atom is 0.323 e. The van der Waals surface area contributed by atoms with Crippen LogP contribution in [0.15, 0.2) is 12.7 Å². The molecule has 0 bridgehead atoms. The predicted molar refractivity (Wildman–Crippen MR) is 55.0 cm³/mol. The van der Waals surface area contributed by atoms with Crippen LogP contribution in [0, 0.1) is 5.92 Å². The van der Waals surface area contributed by atoms with Gasteiger partial charge in [0.25, 0.3) is 0 Å². The number of carbonyl (C=O) groups excluding carboxylic acids is 1. The molecule has 2 unspecified atom stereocenters. The van der Waals surface area contributed by atoms with Gasteiger partial charge in [0.2, 0.25) is 0 Å². The number of hydrogen-bond donors (Lipinski definition) is 1. The molecule has 4 heteroatoms. The maximum atomic E-state index is 11.4. The van der Waals surface area contributed by atoms with Crippen LogP contribution in [-0.4, -0.2) is 39.4 Å². The van der Waals surface area contributed by atoms with Gasteiger partial charge < -0.3 is 14.8 Å². The fraction of sp³-hybridized carbons (Fsp3) is 0.700. The van der Waals surface area contributed by atoms with E-state index in [1.807, 2.05) is 6.92 Å². The lowest BCUT2D eigenvalue weighted by Gasteiger charge is -2.21.